The zero-order valence-electron chi connectivity index (χ0n) is 8.62. The summed E-state index contributed by atoms with van der Waals surface area (Å²) in [5.41, 5.74) is 1.14. The zero-order chi connectivity index (χ0) is 9.97. The second kappa shape index (κ2) is 4.35. The molecular formula is C11H17ClN2. The average molecular weight is 213 g/mol. The molecule has 0 spiro atoms. The Morgan fingerprint density at radius 2 is 2.14 bits per heavy atom. The topological polar surface area (TPSA) is 17.8 Å². The fourth-order valence-electron chi connectivity index (χ4n) is 2.10. The molecule has 1 heterocycles. The molecule has 2 rings (SSSR count). The minimum Gasteiger partial charge on any atom is -0.269 e. The summed E-state index contributed by atoms with van der Waals surface area (Å²) in [6.07, 6.45) is 10.6. The van der Waals surface area contributed by atoms with E-state index in [-0.39, 0.29) is 5.38 Å². The minimum absolute atomic E-state index is 0.0762. The molecule has 0 N–H and O–H groups in total. The van der Waals surface area contributed by atoms with E-state index in [9.17, 15) is 0 Å². The molecule has 1 fully saturated rings. The van der Waals surface area contributed by atoms with Gasteiger partial charge in [-0.3, -0.25) is 4.68 Å². The Bertz CT molecular complexity index is 287. The van der Waals surface area contributed by atoms with Crippen LogP contribution in [-0.4, -0.2) is 9.78 Å². The van der Waals surface area contributed by atoms with Crippen LogP contribution in [0.3, 0.4) is 0 Å². The van der Waals surface area contributed by atoms with Gasteiger partial charge in [-0.05, 0) is 19.8 Å². The van der Waals surface area contributed by atoms with Crippen molar-refractivity contribution in [2.45, 2.75) is 50.4 Å². The summed E-state index contributed by atoms with van der Waals surface area (Å²) in [6.45, 7) is 1.99. The molecule has 0 amide bonds. The molecule has 1 saturated carbocycles. The first-order valence-electron chi connectivity index (χ1n) is 5.45. The first-order chi connectivity index (χ1) is 6.77. The quantitative estimate of drug-likeness (QED) is 0.684. The van der Waals surface area contributed by atoms with Gasteiger partial charge in [0.2, 0.25) is 0 Å². The molecule has 1 aliphatic rings. The van der Waals surface area contributed by atoms with Crippen molar-refractivity contribution < 1.29 is 0 Å². The lowest BCUT2D eigenvalue weighted by molar-refractivity contribution is 0.329. The lowest BCUT2D eigenvalue weighted by Gasteiger charge is -2.21. The Kier molecular flexibility index (Phi) is 3.12. The van der Waals surface area contributed by atoms with Gasteiger partial charge in [-0.15, -0.1) is 11.6 Å². The predicted molar refractivity (Wildman–Crippen MR) is 58.6 cm³/mol. The third-order valence-electron chi connectivity index (χ3n) is 3.03. The second-order valence-electron chi connectivity index (χ2n) is 4.16. The molecule has 0 aromatic carbocycles. The summed E-state index contributed by atoms with van der Waals surface area (Å²) in [5, 5.41) is 4.47. The number of halogens is 1. The molecule has 3 heteroatoms. The van der Waals surface area contributed by atoms with Crippen LogP contribution in [0.2, 0.25) is 0 Å². The van der Waals surface area contributed by atoms with Crippen molar-refractivity contribution in [1.29, 1.82) is 0 Å². The Morgan fingerprint density at radius 1 is 1.43 bits per heavy atom. The van der Waals surface area contributed by atoms with Crippen LogP contribution >= 0.6 is 11.6 Å². The summed E-state index contributed by atoms with van der Waals surface area (Å²) in [5.74, 6) is 0. The Balaban J connectivity index is 2.07. The fourth-order valence-corrected chi connectivity index (χ4v) is 2.22. The molecular weight excluding hydrogens is 196 g/mol. The van der Waals surface area contributed by atoms with Crippen LogP contribution in [0.5, 0.6) is 0 Å². The van der Waals surface area contributed by atoms with E-state index in [0.29, 0.717) is 6.04 Å². The highest BCUT2D eigenvalue weighted by molar-refractivity contribution is 6.20. The maximum absolute atomic E-state index is 6.00. The van der Waals surface area contributed by atoms with E-state index in [2.05, 4.69) is 16.0 Å². The van der Waals surface area contributed by atoms with E-state index in [1.807, 2.05) is 13.1 Å². The summed E-state index contributed by atoms with van der Waals surface area (Å²) in [6, 6.07) is 0.618. The van der Waals surface area contributed by atoms with Gasteiger partial charge in [-0.25, -0.2) is 0 Å². The molecule has 0 saturated heterocycles. The van der Waals surface area contributed by atoms with Gasteiger partial charge in [0.25, 0.3) is 0 Å². The van der Waals surface area contributed by atoms with Crippen LogP contribution in [0.25, 0.3) is 0 Å². The molecule has 2 nitrogen and oxygen atoms in total. The first-order valence-corrected chi connectivity index (χ1v) is 5.89. The predicted octanol–water partition coefficient (Wildman–Crippen LogP) is 3.69. The molecule has 14 heavy (non-hydrogen) atoms. The third-order valence-corrected chi connectivity index (χ3v) is 3.28. The molecule has 1 atom stereocenters. The van der Waals surface area contributed by atoms with Crippen LogP contribution in [0.15, 0.2) is 12.4 Å². The molecule has 78 valence electrons. The highest BCUT2D eigenvalue weighted by Gasteiger charge is 2.16. The van der Waals surface area contributed by atoms with Crippen molar-refractivity contribution in [3.63, 3.8) is 0 Å². The van der Waals surface area contributed by atoms with Gasteiger partial charge in [0.1, 0.15) is 0 Å². The van der Waals surface area contributed by atoms with E-state index in [4.69, 9.17) is 11.6 Å². The molecule has 1 aliphatic carbocycles. The van der Waals surface area contributed by atoms with Crippen LogP contribution in [-0.2, 0) is 0 Å². The van der Waals surface area contributed by atoms with E-state index >= 15 is 0 Å². The summed E-state index contributed by atoms with van der Waals surface area (Å²) >= 11 is 6.00. The SMILES string of the molecule is CC(Cl)c1cnn(C2CCCCC2)c1. The van der Waals surface area contributed by atoms with Gasteiger partial charge >= 0.3 is 0 Å². The smallest absolute Gasteiger partial charge is 0.0588 e. The fraction of sp³-hybridized carbons (Fsp3) is 0.727. The average Bonchev–Trinajstić information content (AvgIpc) is 2.68. The number of aromatic nitrogens is 2. The normalized spacial score (nSPS) is 21.0. The van der Waals surface area contributed by atoms with Crippen molar-refractivity contribution in [1.82, 2.24) is 9.78 Å². The van der Waals surface area contributed by atoms with Gasteiger partial charge in [0, 0.05) is 11.8 Å². The minimum atomic E-state index is 0.0762. The summed E-state index contributed by atoms with van der Waals surface area (Å²) in [7, 11) is 0. The number of hydrogen-bond acceptors (Lipinski definition) is 1. The van der Waals surface area contributed by atoms with Gasteiger partial charge in [-0.1, -0.05) is 19.3 Å². The molecule has 1 aromatic rings. The number of alkyl halides is 1. The lowest BCUT2D eigenvalue weighted by atomic mass is 9.96. The van der Waals surface area contributed by atoms with Gasteiger partial charge in [-0.2, -0.15) is 5.10 Å². The first kappa shape index (κ1) is 10.0. The number of nitrogens with zero attached hydrogens (tertiary/aromatic N) is 2. The third kappa shape index (κ3) is 2.11. The van der Waals surface area contributed by atoms with Gasteiger partial charge in [0.15, 0.2) is 0 Å². The van der Waals surface area contributed by atoms with Crippen molar-refractivity contribution in [3.8, 4) is 0 Å². The van der Waals surface area contributed by atoms with Crippen molar-refractivity contribution in [2.24, 2.45) is 0 Å². The number of rotatable bonds is 2. The van der Waals surface area contributed by atoms with E-state index in [1.165, 1.54) is 32.1 Å². The molecule has 0 aliphatic heterocycles. The maximum atomic E-state index is 6.00. The Labute approximate surface area is 90.3 Å². The maximum Gasteiger partial charge on any atom is 0.0588 e. The highest BCUT2D eigenvalue weighted by atomic mass is 35.5. The Morgan fingerprint density at radius 3 is 2.71 bits per heavy atom. The molecule has 1 unspecified atom stereocenters. The molecule has 0 bridgehead atoms. The molecule has 0 radical (unpaired) electrons. The highest BCUT2D eigenvalue weighted by Crippen LogP contribution is 2.28. The van der Waals surface area contributed by atoms with Crippen LogP contribution in [0, 0.1) is 0 Å². The van der Waals surface area contributed by atoms with Crippen molar-refractivity contribution in [3.05, 3.63) is 18.0 Å². The molecule has 1 aromatic heterocycles. The summed E-state index contributed by atoms with van der Waals surface area (Å²) < 4.78 is 2.10. The van der Waals surface area contributed by atoms with Crippen molar-refractivity contribution in [2.75, 3.05) is 0 Å². The van der Waals surface area contributed by atoms with Gasteiger partial charge in [0.05, 0.1) is 17.6 Å². The van der Waals surface area contributed by atoms with E-state index < -0.39 is 0 Å². The van der Waals surface area contributed by atoms with Crippen LogP contribution in [0.4, 0.5) is 0 Å². The lowest BCUT2D eigenvalue weighted by Crippen LogP contribution is -2.12. The Hall–Kier alpha value is -0.500. The number of hydrogen-bond donors (Lipinski definition) is 0. The van der Waals surface area contributed by atoms with E-state index in [0.717, 1.165) is 5.56 Å². The second-order valence-corrected chi connectivity index (χ2v) is 4.82. The monoisotopic (exact) mass is 212 g/mol. The zero-order valence-corrected chi connectivity index (χ0v) is 9.37. The summed E-state index contributed by atoms with van der Waals surface area (Å²) in [4.78, 5) is 0. The standard InChI is InChI=1S/C11H17ClN2/c1-9(12)10-7-13-14(8-10)11-5-3-2-4-6-11/h7-9,11H,2-6H2,1H3. The van der Waals surface area contributed by atoms with Crippen molar-refractivity contribution >= 4 is 11.6 Å². The van der Waals surface area contributed by atoms with Gasteiger partial charge < -0.3 is 0 Å². The largest absolute Gasteiger partial charge is 0.269 e. The van der Waals surface area contributed by atoms with Crippen LogP contribution in [0.1, 0.15) is 56.0 Å². The van der Waals surface area contributed by atoms with E-state index in [1.54, 1.807) is 0 Å². The van der Waals surface area contributed by atoms with Crippen LogP contribution < -0.4 is 0 Å².